The van der Waals surface area contributed by atoms with Crippen LogP contribution in [0.5, 0.6) is 0 Å². The quantitative estimate of drug-likeness (QED) is 0.193. The summed E-state index contributed by atoms with van der Waals surface area (Å²) in [7, 11) is 0. The zero-order chi connectivity index (χ0) is 36.1. The minimum Gasteiger partial charge on any atom is -0.357 e. The van der Waals surface area contributed by atoms with Crippen LogP contribution in [-0.4, -0.2) is 10.3 Å². The van der Waals surface area contributed by atoms with Gasteiger partial charge in [0, 0.05) is 26.8 Å². The van der Waals surface area contributed by atoms with Crippen molar-refractivity contribution in [3.8, 4) is 0 Å². The fourth-order valence-corrected chi connectivity index (χ4v) is 11.0. The molecule has 3 heterocycles. The summed E-state index contributed by atoms with van der Waals surface area (Å²) in [4.78, 5) is 5.72. The maximum atomic E-state index is 5.72. The fourth-order valence-electron chi connectivity index (χ4n) is 9.99. The molecule has 12 rings (SSSR count). The maximum absolute atomic E-state index is 5.72. The molecule has 0 fully saturated rings. The van der Waals surface area contributed by atoms with Gasteiger partial charge in [-0.1, -0.05) is 158 Å². The van der Waals surface area contributed by atoms with Gasteiger partial charge in [0.1, 0.15) is 11.2 Å². The van der Waals surface area contributed by atoms with Crippen LogP contribution in [0.3, 0.4) is 0 Å². The molecular formula is C51H35N3S. The fraction of sp³-hybridized carbons (Fsp3) is 0.0784. The van der Waals surface area contributed by atoms with E-state index in [0.717, 1.165) is 22.8 Å². The first-order valence-electron chi connectivity index (χ1n) is 19.2. The standard InChI is InChI=1S/C51H35N3S/c1-3-17-35(18-4-1)51(36-19-5-2-6-20-36)42-24-12-9-21-37(42)40-30-34(27-28-43(40)51)47-49(52-48-39-23-11-14-26-46(39)55-50(48)53-47)54-44-25-13-10-22-38(44)41-29-32-15-7-8-16-33(32)31-45(41)54/h1-29,31,34,49,52H,30H2. The monoisotopic (exact) mass is 721 g/mol. The molecular weight excluding hydrogens is 687 g/mol. The van der Waals surface area contributed by atoms with Gasteiger partial charge in [-0.3, -0.25) is 0 Å². The van der Waals surface area contributed by atoms with E-state index in [-0.39, 0.29) is 12.1 Å². The highest BCUT2D eigenvalue weighted by atomic mass is 32.1. The van der Waals surface area contributed by atoms with E-state index in [1.54, 1.807) is 11.3 Å². The summed E-state index contributed by atoms with van der Waals surface area (Å²) in [6, 6.07) is 62.4. The van der Waals surface area contributed by atoms with Gasteiger partial charge >= 0.3 is 0 Å². The topological polar surface area (TPSA) is 29.3 Å². The number of nitrogens with one attached hydrogen (secondary N) is 1. The third-order valence-corrected chi connectivity index (χ3v) is 13.4. The molecule has 55 heavy (non-hydrogen) atoms. The molecule has 0 saturated carbocycles. The van der Waals surface area contributed by atoms with Crippen molar-refractivity contribution in [3.05, 3.63) is 210 Å². The number of aliphatic imine (C=N–C) groups is 1. The van der Waals surface area contributed by atoms with E-state index in [0.29, 0.717) is 0 Å². The van der Waals surface area contributed by atoms with Gasteiger partial charge < -0.3 is 9.88 Å². The number of rotatable bonds is 4. The van der Waals surface area contributed by atoms with Crippen molar-refractivity contribution in [1.82, 2.24) is 4.57 Å². The van der Waals surface area contributed by atoms with Gasteiger partial charge in [-0.05, 0) is 74.9 Å². The minimum atomic E-state index is -0.408. The molecule has 3 aliphatic rings. The highest BCUT2D eigenvalue weighted by molar-refractivity contribution is 7.23. The maximum Gasteiger partial charge on any atom is 0.144 e. The summed E-state index contributed by atoms with van der Waals surface area (Å²) < 4.78 is 3.78. The van der Waals surface area contributed by atoms with Crippen LogP contribution >= 0.6 is 11.3 Å². The molecule has 1 N–H and O–H groups in total. The Morgan fingerprint density at radius 2 is 1.27 bits per heavy atom. The zero-order valence-corrected chi connectivity index (χ0v) is 30.8. The first kappa shape index (κ1) is 30.9. The van der Waals surface area contributed by atoms with E-state index in [4.69, 9.17) is 4.99 Å². The van der Waals surface area contributed by atoms with Gasteiger partial charge in [-0.2, -0.15) is 0 Å². The lowest BCUT2D eigenvalue weighted by Gasteiger charge is -2.36. The molecule has 0 radical (unpaired) electrons. The largest absolute Gasteiger partial charge is 0.357 e. The second-order valence-electron chi connectivity index (χ2n) is 15.1. The van der Waals surface area contributed by atoms with Gasteiger partial charge in [0.15, 0.2) is 0 Å². The Morgan fingerprint density at radius 3 is 2.07 bits per heavy atom. The van der Waals surface area contributed by atoms with E-state index in [9.17, 15) is 0 Å². The van der Waals surface area contributed by atoms with Crippen LogP contribution in [0.4, 0.5) is 10.7 Å². The molecule has 3 nitrogen and oxygen atoms in total. The number of para-hydroxylation sites is 1. The molecule has 0 saturated heterocycles. The third kappa shape index (κ3) is 4.34. The molecule has 9 aromatic rings. The number of thiophene rings is 1. The Labute approximate surface area is 323 Å². The van der Waals surface area contributed by atoms with E-state index >= 15 is 0 Å². The van der Waals surface area contributed by atoms with Crippen LogP contribution in [0.2, 0.25) is 0 Å². The molecule has 4 heteroatoms. The molecule has 7 aromatic carbocycles. The third-order valence-electron chi connectivity index (χ3n) is 12.3. The average molecular weight is 722 g/mol. The predicted octanol–water partition coefficient (Wildman–Crippen LogP) is 13.2. The van der Waals surface area contributed by atoms with Crippen molar-refractivity contribution in [1.29, 1.82) is 0 Å². The number of benzene rings is 7. The van der Waals surface area contributed by atoms with Crippen molar-refractivity contribution in [2.24, 2.45) is 10.9 Å². The normalized spacial score (nSPS) is 18.4. The average Bonchev–Trinajstić information content (AvgIpc) is 3.88. The van der Waals surface area contributed by atoms with E-state index in [1.807, 2.05) is 0 Å². The number of aromatic nitrogens is 1. The summed E-state index contributed by atoms with van der Waals surface area (Å²) in [5.74, 6) is 0.0710. The Hall–Kier alpha value is -6.49. The van der Waals surface area contributed by atoms with Crippen LogP contribution in [-0.2, 0) is 5.41 Å². The predicted molar refractivity (Wildman–Crippen MR) is 232 cm³/mol. The summed E-state index contributed by atoms with van der Waals surface area (Å²) in [6.07, 6.45) is 5.57. The highest BCUT2D eigenvalue weighted by Crippen LogP contribution is 2.58. The van der Waals surface area contributed by atoms with Crippen LogP contribution in [0.1, 0.15) is 34.8 Å². The first-order valence-corrected chi connectivity index (χ1v) is 20.0. The van der Waals surface area contributed by atoms with Crippen LogP contribution in [0.15, 0.2) is 193 Å². The molecule has 2 unspecified atom stereocenters. The first-order chi connectivity index (χ1) is 27.3. The van der Waals surface area contributed by atoms with Crippen LogP contribution < -0.4 is 5.32 Å². The molecule has 2 aromatic heterocycles. The number of hydrogen-bond acceptors (Lipinski definition) is 3. The van der Waals surface area contributed by atoms with Crippen LogP contribution in [0, 0.1) is 5.92 Å². The summed E-state index contributed by atoms with van der Waals surface area (Å²) in [5.41, 5.74) is 12.3. The second kappa shape index (κ2) is 11.8. The molecule has 0 spiro atoms. The Balaban J connectivity index is 1.09. The van der Waals surface area contributed by atoms with Gasteiger partial charge in [0.05, 0.1) is 27.8 Å². The smallest absolute Gasteiger partial charge is 0.144 e. The number of anilines is 1. The number of nitrogens with zero attached hydrogens (tertiary/aromatic N) is 2. The van der Waals surface area contributed by atoms with Crippen molar-refractivity contribution in [3.63, 3.8) is 0 Å². The zero-order valence-electron chi connectivity index (χ0n) is 30.0. The minimum absolute atomic E-state index is 0.0710. The van der Waals surface area contributed by atoms with Crippen molar-refractivity contribution in [2.75, 3.05) is 5.32 Å². The van der Waals surface area contributed by atoms with E-state index in [1.165, 1.54) is 76.1 Å². The second-order valence-corrected chi connectivity index (χ2v) is 16.1. The Bertz CT molecular complexity index is 3070. The van der Waals surface area contributed by atoms with Gasteiger partial charge in [-0.25, -0.2) is 4.99 Å². The van der Waals surface area contributed by atoms with Gasteiger partial charge in [-0.15, -0.1) is 11.3 Å². The molecule has 260 valence electrons. The van der Waals surface area contributed by atoms with Gasteiger partial charge in [0.2, 0.25) is 0 Å². The SMILES string of the molecule is C1=CC(C2=Nc3sc4ccccc4c3NC2n2c3ccccc3c3cc4ccccc4cc32)CC2=C1C(c1ccccc1)(c1ccccc1)c1ccccc12. The number of hydrogen-bond donors (Lipinski definition) is 1. The van der Waals surface area contributed by atoms with E-state index < -0.39 is 5.41 Å². The lowest BCUT2D eigenvalue weighted by atomic mass is 9.66. The Morgan fingerprint density at radius 1 is 0.618 bits per heavy atom. The lowest BCUT2D eigenvalue weighted by molar-refractivity contribution is 0.700. The van der Waals surface area contributed by atoms with Crippen molar-refractivity contribution < 1.29 is 0 Å². The molecule has 2 aliphatic carbocycles. The van der Waals surface area contributed by atoms with Crippen molar-refractivity contribution in [2.45, 2.75) is 18.0 Å². The molecule has 1 aliphatic heterocycles. The van der Waals surface area contributed by atoms with Crippen molar-refractivity contribution >= 4 is 76.0 Å². The molecule has 2 atom stereocenters. The summed E-state index contributed by atoms with van der Waals surface area (Å²) >= 11 is 1.78. The van der Waals surface area contributed by atoms with Gasteiger partial charge in [0.25, 0.3) is 0 Å². The molecule has 0 bridgehead atoms. The molecule has 0 amide bonds. The summed E-state index contributed by atoms with van der Waals surface area (Å²) in [6.45, 7) is 0. The Kier molecular flexibility index (Phi) is 6.61. The number of fused-ring (bicyclic) bond motifs is 9. The van der Waals surface area contributed by atoms with E-state index in [2.05, 4.69) is 192 Å². The highest BCUT2D eigenvalue weighted by Gasteiger charge is 2.48. The van der Waals surface area contributed by atoms with Crippen LogP contribution in [0.25, 0.3) is 48.2 Å². The lowest BCUT2D eigenvalue weighted by Crippen LogP contribution is -2.34. The summed E-state index contributed by atoms with van der Waals surface area (Å²) in [5, 5.41) is 11.4. The number of allylic oxidation sites excluding steroid dienone is 4.